The highest BCUT2D eigenvalue weighted by molar-refractivity contribution is 9.10. The smallest absolute Gasteiger partial charge is 0.258 e. The maximum atomic E-state index is 11.7. The highest BCUT2D eigenvalue weighted by atomic mass is 79.9. The lowest BCUT2D eigenvalue weighted by atomic mass is 10.1. The van der Waals surface area contributed by atoms with E-state index in [1.807, 2.05) is 46.0 Å². The molecule has 0 aliphatic carbocycles. The molecule has 1 rings (SSSR count). The third-order valence-corrected chi connectivity index (χ3v) is 2.76. The normalized spacial score (nSPS) is 10.7. The lowest BCUT2D eigenvalue weighted by Gasteiger charge is -2.20. The number of amides is 1. The summed E-state index contributed by atoms with van der Waals surface area (Å²) in [6.45, 7) is 6.54. The first kappa shape index (κ1) is 19.2. The highest BCUT2D eigenvalue weighted by Gasteiger charge is 2.14. The molecule has 6 heteroatoms. The van der Waals surface area contributed by atoms with E-state index in [1.165, 1.54) is 0 Å². The van der Waals surface area contributed by atoms with Crippen LogP contribution in [0.5, 0.6) is 5.75 Å². The molecule has 0 unspecified atom stereocenters. The Labute approximate surface area is 135 Å². The van der Waals surface area contributed by atoms with Crippen LogP contribution in [0.15, 0.2) is 22.7 Å². The number of hydrogen-bond donors (Lipinski definition) is 2. The summed E-state index contributed by atoms with van der Waals surface area (Å²) >= 11 is 3.42. The van der Waals surface area contributed by atoms with Crippen molar-refractivity contribution >= 4 is 34.2 Å². The predicted molar refractivity (Wildman–Crippen MR) is 87.5 cm³/mol. The second-order valence-electron chi connectivity index (χ2n) is 5.37. The van der Waals surface area contributed by atoms with Crippen LogP contribution < -0.4 is 15.4 Å². The number of halogens is 2. The fraction of sp³-hybridized carbons (Fsp3) is 0.500. The Morgan fingerprint density at radius 1 is 1.35 bits per heavy atom. The van der Waals surface area contributed by atoms with Crippen molar-refractivity contribution in [1.82, 2.24) is 10.6 Å². The Morgan fingerprint density at radius 2 is 2.00 bits per heavy atom. The van der Waals surface area contributed by atoms with Crippen LogP contribution in [0.1, 0.15) is 26.3 Å². The Hall–Kier alpha value is -0.780. The van der Waals surface area contributed by atoms with Crippen molar-refractivity contribution < 1.29 is 9.53 Å². The fourth-order valence-corrected chi connectivity index (χ4v) is 2.02. The molecule has 0 aliphatic heterocycles. The Bertz CT molecular complexity index is 447. The molecule has 0 saturated carbocycles. The molecule has 0 spiro atoms. The van der Waals surface area contributed by atoms with E-state index in [0.29, 0.717) is 6.54 Å². The maximum Gasteiger partial charge on any atom is 0.258 e. The topological polar surface area (TPSA) is 50.4 Å². The Balaban J connectivity index is 0.00000361. The summed E-state index contributed by atoms with van der Waals surface area (Å²) in [6.07, 6.45) is 0. The molecule has 0 heterocycles. The molecular formula is C14H22BrClN2O2. The number of carbonyl (C=O) groups is 1. The van der Waals surface area contributed by atoms with Crippen LogP contribution in [0.4, 0.5) is 0 Å². The zero-order valence-corrected chi connectivity index (χ0v) is 14.7. The van der Waals surface area contributed by atoms with Gasteiger partial charge in [-0.3, -0.25) is 4.79 Å². The second-order valence-corrected chi connectivity index (χ2v) is 6.28. The van der Waals surface area contributed by atoms with Crippen LogP contribution >= 0.6 is 28.3 Å². The Morgan fingerprint density at radius 3 is 2.55 bits per heavy atom. The van der Waals surface area contributed by atoms with Crippen molar-refractivity contribution in [3.63, 3.8) is 0 Å². The Kier molecular flexibility index (Phi) is 8.16. The molecular weight excluding hydrogens is 344 g/mol. The highest BCUT2D eigenvalue weighted by Crippen LogP contribution is 2.23. The lowest BCUT2D eigenvalue weighted by molar-refractivity contribution is -0.124. The number of carbonyl (C=O) groups excluding carboxylic acids is 1. The van der Waals surface area contributed by atoms with Gasteiger partial charge < -0.3 is 15.4 Å². The number of nitrogens with one attached hydrogen (secondary N) is 2. The van der Waals surface area contributed by atoms with Crippen molar-refractivity contribution in [2.75, 3.05) is 13.7 Å². The van der Waals surface area contributed by atoms with E-state index in [2.05, 4.69) is 26.6 Å². The average Bonchev–Trinajstić information content (AvgIpc) is 2.26. The molecule has 0 aromatic heterocycles. The first-order valence-electron chi connectivity index (χ1n) is 6.18. The van der Waals surface area contributed by atoms with Crippen LogP contribution in [0, 0.1) is 0 Å². The molecule has 20 heavy (non-hydrogen) atoms. The molecule has 0 radical (unpaired) electrons. The molecule has 0 bridgehead atoms. The summed E-state index contributed by atoms with van der Waals surface area (Å²) in [6, 6.07) is 5.74. The fourth-order valence-electron chi connectivity index (χ4n) is 1.62. The second kappa shape index (κ2) is 8.49. The van der Waals surface area contributed by atoms with E-state index in [0.717, 1.165) is 15.8 Å². The van der Waals surface area contributed by atoms with Crippen LogP contribution in [0.2, 0.25) is 0 Å². The van der Waals surface area contributed by atoms with Crippen LogP contribution in [0.25, 0.3) is 0 Å². The monoisotopic (exact) mass is 364 g/mol. The predicted octanol–water partition coefficient (Wildman–Crippen LogP) is 2.88. The van der Waals surface area contributed by atoms with Crippen molar-refractivity contribution in [3.05, 3.63) is 28.2 Å². The minimum absolute atomic E-state index is 0. The van der Waals surface area contributed by atoms with Gasteiger partial charge in [0, 0.05) is 22.1 Å². The molecule has 2 N–H and O–H groups in total. The molecule has 1 aromatic carbocycles. The van der Waals surface area contributed by atoms with Crippen LogP contribution in [-0.4, -0.2) is 25.1 Å². The molecule has 114 valence electrons. The van der Waals surface area contributed by atoms with Crippen LogP contribution in [0.3, 0.4) is 0 Å². The SMILES string of the molecule is CNCc1cc(Br)ccc1OCC(=O)NC(C)(C)C.Cl. The molecule has 0 aliphatic rings. The minimum Gasteiger partial charge on any atom is -0.483 e. The molecule has 0 atom stereocenters. The maximum absolute atomic E-state index is 11.7. The van der Waals surface area contributed by atoms with Gasteiger partial charge in [0.25, 0.3) is 5.91 Å². The van der Waals surface area contributed by atoms with Gasteiger partial charge in [-0.2, -0.15) is 0 Å². The standard InChI is InChI=1S/C14H21BrN2O2.ClH/c1-14(2,3)17-13(18)9-19-12-6-5-11(15)7-10(12)8-16-4;/h5-7,16H,8-9H2,1-4H3,(H,17,18);1H. The van der Waals surface area contributed by atoms with Crippen molar-refractivity contribution in [1.29, 1.82) is 0 Å². The van der Waals surface area contributed by atoms with E-state index in [9.17, 15) is 4.79 Å². The van der Waals surface area contributed by atoms with Gasteiger partial charge in [0.2, 0.25) is 0 Å². The summed E-state index contributed by atoms with van der Waals surface area (Å²) in [4.78, 5) is 11.7. The number of rotatable bonds is 5. The third kappa shape index (κ3) is 7.12. The van der Waals surface area contributed by atoms with Crippen molar-refractivity contribution in [2.45, 2.75) is 32.9 Å². The molecule has 0 saturated heterocycles. The number of benzene rings is 1. The summed E-state index contributed by atoms with van der Waals surface area (Å²) in [5.74, 6) is 0.604. The van der Waals surface area contributed by atoms with Gasteiger partial charge >= 0.3 is 0 Å². The van der Waals surface area contributed by atoms with Gasteiger partial charge in [0.15, 0.2) is 6.61 Å². The van der Waals surface area contributed by atoms with Gasteiger partial charge in [-0.05, 0) is 46.0 Å². The van der Waals surface area contributed by atoms with Crippen LogP contribution in [-0.2, 0) is 11.3 Å². The summed E-state index contributed by atoms with van der Waals surface area (Å²) in [5.41, 5.74) is 0.772. The molecule has 1 aromatic rings. The zero-order chi connectivity index (χ0) is 14.5. The van der Waals surface area contributed by atoms with E-state index < -0.39 is 0 Å². The minimum atomic E-state index is -0.242. The van der Waals surface area contributed by atoms with Gasteiger partial charge in [-0.1, -0.05) is 15.9 Å². The summed E-state index contributed by atoms with van der Waals surface area (Å²) in [7, 11) is 1.87. The van der Waals surface area contributed by atoms with Crippen molar-refractivity contribution in [2.24, 2.45) is 0 Å². The van der Waals surface area contributed by atoms with E-state index in [4.69, 9.17) is 4.74 Å². The quantitative estimate of drug-likeness (QED) is 0.843. The molecule has 0 fully saturated rings. The summed E-state index contributed by atoms with van der Waals surface area (Å²) in [5, 5.41) is 5.94. The average molecular weight is 366 g/mol. The molecule has 4 nitrogen and oxygen atoms in total. The van der Waals surface area contributed by atoms with Gasteiger partial charge in [0.1, 0.15) is 5.75 Å². The first-order valence-corrected chi connectivity index (χ1v) is 6.98. The summed E-state index contributed by atoms with van der Waals surface area (Å²) < 4.78 is 6.57. The lowest BCUT2D eigenvalue weighted by Crippen LogP contribution is -2.43. The zero-order valence-electron chi connectivity index (χ0n) is 12.2. The van der Waals surface area contributed by atoms with Gasteiger partial charge in [-0.15, -0.1) is 12.4 Å². The number of hydrogen-bond acceptors (Lipinski definition) is 3. The molecule has 1 amide bonds. The largest absolute Gasteiger partial charge is 0.483 e. The van der Waals surface area contributed by atoms with Gasteiger partial charge in [-0.25, -0.2) is 0 Å². The van der Waals surface area contributed by atoms with Crippen molar-refractivity contribution in [3.8, 4) is 5.75 Å². The van der Waals surface area contributed by atoms with E-state index in [-0.39, 0.29) is 30.5 Å². The van der Waals surface area contributed by atoms with E-state index in [1.54, 1.807) is 0 Å². The van der Waals surface area contributed by atoms with Gasteiger partial charge in [0.05, 0.1) is 0 Å². The first-order chi connectivity index (χ1) is 8.81. The van der Waals surface area contributed by atoms with E-state index >= 15 is 0 Å². The number of ether oxygens (including phenoxy) is 1. The third-order valence-electron chi connectivity index (χ3n) is 2.26.